The number of phenolic OH excluding ortho intramolecular Hbond substituents is 3. The van der Waals surface area contributed by atoms with Crippen molar-refractivity contribution in [1.82, 2.24) is 10.1 Å². The van der Waals surface area contributed by atoms with E-state index in [1.54, 1.807) is 12.1 Å². The van der Waals surface area contributed by atoms with Crippen molar-refractivity contribution < 1.29 is 19.8 Å². The Bertz CT molecular complexity index is 730. The molecule has 6 heteroatoms. The van der Waals surface area contributed by atoms with Gasteiger partial charge in [0.2, 0.25) is 5.82 Å². The number of phenols is 3. The number of rotatable bonds is 2. The van der Waals surface area contributed by atoms with Crippen LogP contribution in [0, 0.1) is 0 Å². The molecule has 0 radical (unpaired) electrons. The molecule has 0 atom stereocenters. The van der Waals surface area contributed by atoms with Gasteiger partial charge in [0.1, 0.15) is 22.8 Å². The SMILES string of the molecule is Oc1ccc(-c2noc(-c3c(O)cccc3O)n2)cc1. The van der Waals surface area contributed by atoms with Gasteiger partial charge in [-0.05, 0) is 36.4 Å². The van der Waals surface area contributed by atoms with Crippen LogP contribution in [0.25, 0.3) is 22.8 Å². The van der Waals surface area contributed by atoms with Crippen LogP contribution in [0.15, 0.2) is 47.0 Å². The Morgan fingerprint density at radius 1 is 0.850 bits per heavy atom. The zero-order valence-corrected chi connectivity index (χ0v) is 10.2. The predicted octanol–water partition coefficient (Wildman–Crippen LogP) is 2.52. The van der Waals surface area contributed by atoms with Gasteiger partial charge in [0.25, 0.3) is 5.89 Å². The average Bonchev–Trinajstić information content (AvgIpc) is 2.89. The zero-order chi connectivity index (χ0) is 14.1. The summed E-state index contributed by atoms with van der Waals surface area (Å²) >= 11 is 0. The molecule has 0 saturated heterocycles. The first-order valence-electron chi connectivity index (χ1n) is 5.79. The van der Waals surface area contributed by atoms with Gasteiger partial charge in [0.05, 0.1) is 0 Å². The van der Waals surface area contributed by atoms with Crippen LogP contribution in [0.5, 0.6) is 17.2 Å². The molecule has 0 spiro atoms. The van der Waals surface area contributed by atoms with Gasteiger partial charge in [-0.25, -0.2) is 0 Å². The molecule has 0 amide bonds. The van der Waals surface area contributed by atoms with Crippen LogP contribution in [-0.2, 0) is 0 Å². The van der Waals surface area contributed by atoms with Gasteiger partial charge in [-0.2, -0.15) is 4.98 Å². The van der Waals surface area contributed by atoms with Crippen LogP contribution in [0.3, 0.4) is 0 Å². The fourth-order valence-corrected chi connectivity index (χ4v) is 1.80. The first-order valence-corrected chi connectivity index (χ1v) is 5.79. The summed E-state index contributed by atoms with van der Waals surface area (Å²) in [5, 5.41) is 32.5. The standard InChI is InChI=1S/C14H10N2O4/c17-9-6-4-8(5-7-9)13-15-14(20-16-13)12-10(18)2-1-3-11(12)19/h1-7,17-19H. The predicted molar refractivity (Wildman–Crippen MR) is 70.2 cm³/mol. The quantitative estimate of drug-likeness (QED) is 0.661. The van der Waals surface area contributed by atoms with E-state index in [4.69, 9.17) is 4.52 Å². The Hall–Kier alpha value is -3.02. The van der Waals surface area contributed by atoms with E-state index in [2.05, 4.69) is 10.1 Å². The van der Waals surface area contributed by atoms with Crippen LogP contribution in [0.2, 0.25) is 0 Å². The van der Waals surface area contributed by atoms with E-state index >= 15 is 0 Å². The number of hydrogen-bond acceptors (Lipinski definition) is 6. The van der Waals surface area contributed by atoms with E-state index in [1.807, 2.05) is 0 Å². The molecular weight excluding hydrogens is 260 g/mol. The minimum absolute atomic E-state index is 0.0173. The Morgan fingerprint density at radius 2 is 1.50 bits per heavy atom. The summed E-state index contributed by atoms with van der Waals surface area (Å²) in [5.41, 5.74) is 0.734. The maximum absolute atomic E-state index is 9.74. The molecule has 1 heterocycles. The van der Waals surface area contributed by atoms with E-state index in [1.165, 1.54) is 30.3 Å². The van der Waals surface area contributed by atoms with Crippen LogP contribution in [0.4, 0.5) is 0 Å². The van der Waals surface area contributed by atoms with Gasteiger partial charge >= 0.3 is 0 Å². The van der Waals surface area contributed by atoms with Crippen molar-refractivity contribution in [1.29, 1.82) is 0 Å². The summed E-state index contributed by atoms with van der Waals surface area (Å²) in [5.74, 6) is 0.152. The zero-order valence-electron chi connectivity index (χ0n) is 10.2. The highest BCUT2D eigenvalue weighted by Gasteiger charge is 2.17. The second kappa shape index (κ2) is 4.58. The maximum atomic E-state index is 9.74. The molecule has 20 heavy (non-hydrogen) atoms. The fourth-order valence-electron chi connectivity index (χ4n) is 1.80. The lowest BCUT2D eigenvalue weighted by Crippen LogP contribution is -1.82. The number of aromatic nitrogens is 2. The van der Waals surface area contributed by atoms with Gasteiger partial charge in [-0.15, -0.1) is 0 Å². The van der Waals surface area contributed by atoms with Crippen molar-refractivity contribution in [2.45, 2.75) is 0 Å². The Morgan fingerprint density at radius 3 is 2.15 bits per heavy atom. The van der Waals surface area contributed by atoms with Crippen molar-refractivity contribution >= 4 is 0 Å². The third-order valence-electron chi connectivity index (χ3n) is 2.79. The highest BCUT2D eigenvalue weighted by Crippen LogP contribution is 2.36. The molecule has 0 aliphatic rings. The molecule has 0 fully saturated rings. The van der Waals surface area contributed by atoms with Gasteiger partial charge in [0, 0.05) is 5.56 Å². The molecule has 3 aromatic rings. The summed E-state index contributed by atoms with van der Waals surface area (Å²) < 4.78 is 5.05. The minimum atomic E-state index is -0.147. The van der Waals surface area contributed by atoms with E-state index in [-0.39, 0.29) is 28.7 Å². The minimum Gasteiger partial charge on any atom is -0.508 e. The molecule has 100 valence electrons. The lowest BCUT2D eigenvalue weighted by Gasteiger charge is -2.01. The number of aromatic hydroxyl groups is 3. The number of nitrogens with zero attached hydrogens (tertiary/aromatic N) is 2. The van der Waals surface area contributed by atoms with Crippen LogP contribution < -0.4 is 0 Å². The van der Waals surface area contributed by atoms with Crippen molar-refractivity contribution in [3.63, 3.8) is 0 Å². The summed E-state index contributed by atoms with van der Waals surface area (Å²) in [6, 6.07) is 10.6. The van der Waals surface area contributed by atoms with Crippen LogP contribution >= 0.6 is 0 Å². The second-order valence-electron chi connectivity index (χ2n) is 4.14. The highest BCUT2D eigenvalue weighted by molar-refractivity contribution is 5.71. The molecule has 0 saturated carbocycles. The molecule has 2 aromatic carbocycles. The first kappa shape index (κ1) is 12.0. The maximum Gasteiger partial charge on any atom is 0.265 e. The Balaban J connectivity index is 2.04. The summed E-state index contributed by atoms with van der Waals surface area (Å²) in [7, 11) is 0. The first-order chi connectivity index (χ1) is 9.65. The summed E-state index contributed by atoms with van der Waals surface area (Å²) in [6.45, 7) is 0. The molecule has 0 unspecified atom stereocenters. The monoisotopic (exact) mass is 270 g/mol. The molecule has 6 nitrogen and oxygen atoms in total. The van der Waals surface area contributed by atoms with Gasteiger partial charge < -0.3 is 19.8 Å². The van der Waals surface area contributed by atoms with Crippen LogP contribution in [0.1, 0.15) is 0 Å². The van der Waals surface area contributed by atoms with Crippen molar-refractivity contribution in [3.8, 4) is 40.1 Å². The van der Waals surface area contributed by atoms with E-state index in [0.29, 0.717) is 11.4 Å². The van der Waals surface area contributed by atoms with Crippen molar-refractivity contribution in [2.24, 2.45) is 0 Å². The smallest absolute Gasteiger partial charge is 0.265 e. The van der Waals surface area contributed by atoms with Crippen LogP contribution in [-0.4, -0.2) is 25.5 Å². The van der Waals surface area contributed by atoms with E-state index in [0.717, 1.165) is 0 Å². The molecule has 0 aliphatic carbocycles. The lowest BCUT2D eigenvalue weighted by atomic mass is 10.1. The summed E-state index contributed by atoms with van der Waals surface area (Å²) in [4.78, 5) is 4.12. The molecule has 0 aliphatic heterocycles. The molecule has 0 bridgehead atoms. The van der Waals surface area contributed by atoms with E-state index in [9.17, 15) is 15.3 Å². The van der Waals surface area contributed by atoms with Gasteiger partial charge in [0.15, 0.2) is 0 Å². The largest absolute Gasteiger partial charge is 0.508 e. The van der Waals surface area contributed by atoms with Gasteiger partial charge in [-0.1, -0.05) is 11.2 Å². The number of hydrogen-bond donors (Lipinski definition) is 3. The third kappa shape index (κ3) is 2.03. The molecule has 1 aromatic heterocycles. The third-order valence-corrected chi connectivity index (χ3v) is 2.79. The molecule has 3 N–H and O–H groups in total. The molecule has 3 rings (SSSR count). The highest BCUT2D eigenvalue weighted by atomic mass is 16.5. The Kier molecular flexibility index (Phi) is 2.76. The normalized spacial score (nSPS) is 10.6. The number of benzene rings is 2. The fraction of sp³-hybridized carbons (Fsp3) is 0. The average molecular weight is 270 g/mol. The summed E-state index contributed by atoms with van der Waals surface area (Å²) in [6.07, 6.45) is 0. The lowest BCUT2D eigenvalue weighted by molar-refractivity contribution is 0.416. The van der Waals surface area contributed by atoms with Crippen molar-refractivity contribution in [2.75, 3.05) is 0 Å². The molecular formula is C14H10N2O4. The topological polar surface area (TPSA) is 99.6 Å². The second-order valence-corrected chi connectivity index (χ2v) is 4.14. The van der Waals surface area contributed by atoms with Crippen molar-refractivity contribution in [3.05, 3.63) is 42.5 Å². The van der Waals surface area contributed by atoms with E-state index < -0.39 is 0 Å². The van der Waals surface area contributed by atoms with Gasteiger partial charge in [-0.3, -0.25) is 0 Å². The Labute approximate surface area is 113 Å².